The van der Waals surface area contributed by atoms with Crippen molar-refractivity contribution in [2.75, 3.05) is 11.4 Å². The van der Waals surface area contributed by atoms with Crippen LogP contribution in [-0.4, -0.2) is 11.5 Å². The summed E-state index contributed by atoms with van der Waals surface area (Å²) in [7, 11) is 0. The monoisotopic (exact) mass is 472 g/mol. The van der Waals surface area contributed by atoms with Crippen LogP contribution in [0.5, 0.6) is 0 Å². The molecule has 0 fully saturated rings. The third-order valence-corrected chi connectivity index (χ3v) is 7.90. The summed E-state index contributed by atoms with van der Waals surface area (Å²) >= 11 is 1.66. The molecular formula is C28H30N3O2S+. The second kappa shape index (κ2) is 10.0. The van der Waals surface area contributed by atoms with Crippen LogP contribution in [0, 0.1) is 10.1 Å². The maximum atomic E-state index is 11.2. The zero-order chi connectivity index (χ0) is 23.5. The molecule has 0 aliphatic carbocycles. The lowest BCUT2D eigenvalue weighted by molar-refractivity contribution is -0.671. The van der Waals surface area contributed by atoms with Crippen molar-refractivity contribution in [1.82, 2.24) is 0 Å². The summed E-state index contributed by atoms with van der Waals surface area (Å²) in [6.45, 7) is 4.25. The van der Waals surface area contributed by atoms with Gasteiger partial charge in [-0.3, -0.25) is 10.1 Å². The molecule has 5 rings (SSSR count). The first-order valence-electron chi connectivity index (χ1n) is 12.2. The predicted molar refractivity (Wildman–Crippen MR) is 140 cm³/mol. The van der Waals surface area contributed by atoms with Crippen LogP contribution in [0.1, 0.15) is 51.0 Å². The number of aryl methyl sites for hydroxylation is 1. The molecule has 0 spiro atoms. The number of nitro groups is 1. The van der Waals surface area contributed by atoms with Crippen molar-refractivity contribution in [2.24, 2.45) is 0 Å². The Bertz CT molecular complexity index is 1300. The number of aromatic nitrogens is 1. The van der Waals surface area contributed by atoms with E-state index in [0.717, 1.165) is 36.5 Å². The number of nitrogens with zero attached hydrogens (tertiary/aromatic N) is 3. The maximum Gasteiger partial charge on any atom is 0.270 e. The van der Waals surface area contributed by atoms with Gasteiger partial charge in [-0.25, -0.2) is 0 Å². The van der Waals surface area contributed by atoms with Gasteiger partial charge in [0.2, 0.25) is 5.52 Å². The lowest BCUT2D eigenvalue weighted by Gasteiger charge is -2.27. The average molecular weight is 473 g/mol. The molecular weight excluding hydrogens is 442 g/mol. The van der Waals surface area contributed by atoms with E-state index >= 15 is 0 Å². The van der Waals surface area contributed by atoms with E-state index in [4.69, 9.17) is 0 Å². The fourth-order valence-electron chi connectivity index (χ4n) is 4.89. The maximum absolute atomic E-state index is 11.2. The Morgan fingerprint density at radius 3 is 2.85 bits per heavy atom. The highest BCUT2D eigenvalue weighted by Gasteiger charge is 2.31. The van der Waals surface area contributed by atoms with Crippen molar-refractivity contribution < 1.29 is 9.49 Å². The zero-order valence-corrected chi connectivity index (χ0v) is 20.4. The number of pyridine rings is 1. The van der Waals surface area contributed by atoms with Crippen molar-refractivity contribution >= 4 is 40.1 Å². The summed E-state index contributed by atoms with van der Waals surface area (Å²) in [6, 6.07) is 16.1. The molecule has 174 valence electrons. The zero-order valence-electron chi connectivity index (χ0n) is 19.6. The molecule has 34 heavy (non-hydrogen) atoms. The second-order valence-corrected chi connectivity index (χ2v) is 10.0. The number of para-hydroxylation sites is 1. The molecule has 2 aliphatic heterocycles. The molecule has 0 saturated carbocycles. The average Bonchev–Trinajstić information content (AvgIpc) is 3.24. The molecule has 0 saturated heterocycles. The number of fused-ring (bicyclic) bond motifs is 4. The number of nitro benzene ring substituents is 1. The van der Waals surface area contributed by atoms with Gasteiger partial charge in [-0.05, 0) is 42.5 Å². The van der Waals surface area contributed by atoms with E-state index in [9.17, 15) is 10.1 Å². The molecule has 0 atom stereocenters. The van der Waals surface area contributed by atoms with Crippen LogP contribution < -0.4 is 9.47 Å². The third kappa shape index (κ3) is 4.47. The van der Waals surface area contributed by atoms with Gasteiger partial charge in [0.05, 0.1) is 21.0 Å². The molecule has 0 bridgehead atoms. The molecule has 6 heteroatoms. The number of thioether (sulfide) groups is 1. The van der Waals surface area contributed by atoms with Gasteiger partial charge in [0.15, 0.2) is 6.20 Å². The molecule has 0 radical (unpaired) electrons. The Morgan fingerprint density at radius 2 is 2.00 bits per heavy atom. The number of anilines is 1. The Balaban J connectivity index is 1.43. The minimum absolute atomic E-state index is 0.155. The van der Waals surface area contributed by atoms with Crippen molar-refractivity contribution in [2.45, 2.75) is 56.9 Å². The fraction of sp³-hybridized carbons (Fsp3) is 0.321. The van der Waals surface area contributed by atoms with E-state index in [-0.39, 0.29) is 10.6 Å². The SMILES string of the molecule is CCCCCC[n+]1ccc(C=CC2=C3Sc4cc([N+](=O)[O-])ccc4N3CCC2)c2ccccc21. The van der Waals surface area contributed by atoms with Gasteiger partial charge in [-0.15, -0.1) is 0 Å². The van der Waals surface area contributed by atoms with Crippen LogP contribution in [-0.2, 0) is 6.54 Å². The topological polar surface area (TPSA) is 50.3 Å². The highest BCUT2D eigenvalue weighted by molar-refractivity contribution is 8.03. The lowest BCUT2D eigenvalue weighted by Crippen LogP contribution is -2.34. The Morgan fingerprint density at radius 1 is 1.12 bits per heavy atom. The van der Waals surface area contributed by atoms with Crippen molar-refractivity contribution in [1.29, 1.82) is 0 Å². The summed E-state index contributed by atoms with van der Waals surface area (Å²) < 4.78 is 2.38. The second-order valence-electron chi connectivity index (χ2n) is 8.97. The van der Waals surface area contributed by atoms with E-state index in [0.29, 0.717) is 0 Å². The summed E-state index contributed by atoms with van der Waals surface area (Å²) in [6.07, 6.45) is 13.8. The highest BCUT2D eigenvalue weighted by Crippen LogP contribution is 2.50. The number of unbranched alkanes of at least 4 members (excludes halogenated alkanes) is 3. The van der Waals surface area contributed by atoms with Crippen LogP contribution in [0.2, 0.25) is 0 Å². The summed E-state index contributed by atoms with van der Waals surface area (Å²) in [5, 5.41) is 13.7. The van der Waals surface area contributed by atoms with E-state index in [2.05, 4.69) is 65.1 Å². The summed E-state index contributed by atoms with van der Waals surface area (Å²) in [4.78, 5) is 14.2. The number of rotatable bonds is 8. The fourth-order valence-corrected chi connectivity index (χ4v) is 6.16. The van der Waals surface area contributed by atoms with Crippen molar-refractivity contribution in [3.8, 4) is 0 Å². The van der Waals surface area contributed by atoms with Gasteiger partial charge in [0.25, 0.3) is 5.69 Å². The molecule has 1 aromatic heterocycles. The summed E-state index contributed by atoms with van der Waals surface area (Å²) in [5.41, 5.74) is 5.05. The van der Waals surface area contributed by atoms with Gasteiger partial charge >= 0.3 is 0 Å². The minimum Gasteiger partial charge on any atom is -0.335 e. The van der Waals surface area contributed by atoms with Crippen LogP contribution >= 0.6 is 11.8 Å². The Labute approximate surface area is 204 Å². The minimum atomic E-state index is -0.316. The number of hydrogen-bond donors (Lipinski definition) is 0. The van der Waals surface area contributed by atoms with Gasteiger partial charge in [-0.1, -0.05) is 55.8 Å². The first kappa shape index (κ1) is 22.7. The van der Waals surface area contributed by atoms with Crippen LogP contribution in [0.25, 0.3) is 17.0 Å². The van der Waals surface area contributed by atoms with Gasteiger partial charge in [0.1, 0.15) is 6.54 Å². The molecule has 3 heterocycles. The molecule has 5 nitrogen and oxygen atoms in total. The van der Waals surface area contributed by atoms with E-state index in [1.165, 1.54) is 52.8 Å². The van der Waals surface area contributed by atoms with Crippen LogP contribution in [0.3, 0.4) is 0 Å². The smallest absolute Gasteiger partial charge is 0.270 e. The van der Waals surface area contributed by atoms with Gasteiger partial charge in [-0.2, -0.15) is 4.57 Å². The standard InChI is InChI=1S/C28H30N3O2S/c1-2-3-4-7-17-29-19-16-21(24-10-5-6-11-25(24)29)12-13-22-9-8-18-30-26-15-14-23(31(32)33)20-27(26)34-28(22)30/h5-6,10-16,19-20H,2-4,7-9,17-18H2,1H3/q+1. The van der Waals surface area contributed by atoms with Crippen LogP contribution in [0.15, 0.2) is 76.3 Å². The summed E-state index contributed by atoms with van der Waals surface area (Å²) in [5.74, 6) is 0. The molecule has 2 aromatic carbocycles. The Hall–Kier alpha value is -3.12. The molecule has 2 aliphatic rings. The first-order chi connectivity index (χ1) is 16.7. The van der Waals surface area contributed by atoms with Crippen LogP contribution in [0.4, 0.5) is 11.4 Å². The van der Waals surface area contributed by atoms with Crippen molar-refractivity contribution in [3.05, 3.63) is 87.1 Å². The number of benzene rings is 2. The van der Waals surface area contributed by atoms with Gasteiger partial charge < -0.3 is 4.90 Å². The largest absolute Gasteiger partial charge is 0.335 e. The normalized spacial score (nSPS) is 15.3. The number of hydrogen-bond acceptors (Lipinski definition) is 4. The lowest BCUT2D eigenvalue weighted by atomic mass is 10.0. The highest BCUT2D eigenvalue weighted by atomic mass is 32.2. The van der Waals surface area contributed by atoms with E-state index in [1.807, 2.05) is 6.07 Å². The third-order valence-electron chi connectivity index (χ3n) is 6.67. The van der Waals surface area contributed by atoms with E-state index < -0.39 is 0 Å². The number of non-ortho nitro benzene ring substituents is 1. The Kier molecular flexibility index (Phi) is 6.68. The van der Waals surface area contributed by atoms with Gasteiger partial charge in [0, 0.05) is 42.1 Å². The van der Waals surface area contributed by atoms with Crippen molar-refractivity contribution in [3.63, 3.8) is 0 Å². The number of allylic oxidation sites excluding steroid dienone is 2. The molecule has 0 unspecified atom stereocenters. The molecule has 0 amide bonds. The van der Waals surface area contributed by atoms with E-state index in [1.54, 1.807) is 23.9 Å². The molecule has 3 aromatic rings. The molecule has 0 N–H and O–H groups in total. The predicted octanol–water partition coefficient (Wildman–Crippen LogP) is 7.25. The first-order valence-corrected chi connectivity index (χ1v) is 13.0. The quantitative estimate of drug-likeness (QED) is 0.150.